The van der Waals surface area contributed by atoms with Crippen molar-refractivity contribution in [1.82, 2.24) is 10.6 Å². The number of allylic oxidation sites excluding steroid dienone is 4. The average Bonchev–Trinajstić information content (AvgIpc) is 2.76. The average molecular weight is 536 g/mol. The predicted molar refractivity (Wildman–Crippen MR) is 151 cm³/mol. The molecule has 36 heavy (non-hydrogen) atoms. The first-order valence-electron chi connectivity index (χ1n) is 12.3. The monoisotopic (exact) mass is 535 g/mol. The van der Waals surface area contributed by atoms with Gasteiger partial charge in [-0.15, -0.1) is 0 Å². The summed E-state index contributed by atoms with van der Waals surface area (Å²) in [7, 11) is -3.30. The van der Waals surface area contributed by atoms with Crippen molar-refractivity contribution in [2.24, 2.45) is 17.3 Å². The molecular weight excluding hydrogens is 494 g/mol. The molecule has 0 aromatic heterocycles. The van der Waals surface area contributed by atoms with Crippen LogP contribution in [-0.2, 0) is 26.1 Å². The van der Waals surface area contributed by atoms with Gasteiger partial charge in [0.25, 0.3) is 0 Å². The Morgan fingerprint density at radius 3 is 2.36 bits per heavy atom. The quantitative estimate of drug-likeness (QED) is 0.289. The maximum absolute atomic E-state index is 12.4. The second-order valence-corrected chi connectivity index (χ2v) is 13.0. The normalized spacial score (nSPS) is 17.2. The summed E-state index contributed by atoms with van der Waals surface area (Å²) >= 11 is 5.48. The molecule has 2 atom stereocenters. The summed E-state index contributed by atoms with van der Waals surface area (Å²) in [6.07, 6.45) is 5.23. The summed E-state index contributed by atoms with van der Waals surface area (Å²) in [5.41, 5.74) is 5.05. The van der Waals surface area contributed by atoms with Gasteiger partial charge in [0.15, 0.2) is 5.11 Å². The van der Waals surface area contributed by atoms with Crippen molar-refractivity contribution >= 4 is 39.0 Å². The minimum atomic E-state index is -3.30. The van der Waals surface area contributed by atoms with Crippen LogP contribution < -0.4 is 15.4 Å². The number of nitrogens with one attached hydrogen (secondary N) is 3. The number of hydrogen-bond donors (Lipinski definition) is 3. The Morgan fingerprint density at radius 2 is 1.81 bits per heavy atom. The molecule has 0 amide bonds. The Hall–Kier alpha value is -2.39. The van der Waals surface area contributed by atoms with E-state index in [4.69, 9.17) is 17.0 Å². The van der Waals surface area contributed by atoms with E-state index in [0.29, 0.717) is 36.4 Å². The first kappa shape index (κ1) is 29.8. The number of anilines is 1. The van der Waals surface area contributed by atoms with Crippen molar-refractivity contribution in [3.63, 3.8) is 0 Å². The third-order valence-electron chi connectivity index (χ3n) is 6.23. The molecule has 2 rings (SSSR count). The first-order valence-corrected chi connectivity index (χ1v) is 14.6. The Kier molecular flexibility index (Phi) is 10.5. The van der Waals surface area contributed by atoms with Crippen LogP contribution in [0.4, 0.5) is 5.69 Å². The zero-order valence-corrected chi connectivity index (χ0v) is 24.2. The van der Waals surface area contributed by atoms with Crippen LogP contribution in [0.1, 0.15) is 59.9 Å². The zero-order valence-electron chi connectivity index (χ0n) is 22.5. The summed E-state index contributed by atoms with van der Waals surface area (Å²) in [6, 6.07) is 7.11. The Bertz CT molecular complexity index is 1100. The van der Waals surface area contributed by atoms with E-state index in [9.17, 15) is 13.2 Å². The standard InChI is InChI=1S/C27H41N3O4S2/c1-18-12-22(13-19(2)20(18)3)14-23(17-34-25(31)27(4,5)6)16-29-26(35)28-15-21-8-10-24(11-9-21)30-36(7,32)33/h8-12,19,23,30H,13-17H2,1-7H3,(H2,28,29,35). The van der Waals surface area contributed by atoms with Gasteiger partial charge in [-0.2, -0.15) is 0 Å². The van der Waals surface area contributed by atoms with Crippen LogP contribution >= 0.6 is 12.2 Å². The summed E-state index contributed by atoms with van der Waals surface area (Å²) in [5.74, 6) is 0.388. The van der Waals surface area contributed by atoms with E-state index in [1.807, 2.05) is 32.9 Å². The van der Waals surface area contributed by atoms with Gasteiger partial charge in [-0.3, -0.25) is 9.52 Å². The summed E-state index contributed by atoms with van der Waals surface area (Å²) < 4.78 is 30.8. The van der Waals surface area contributed by atoms with Gasteiger partial charge in [0, 0.05) is 24.7 Å². The fourth-order valence-electron chi connectivity index (χ4n) is 3.91. The van der Waals surface area contributed by atoms with Gasteiger partial charge in [0.2, 0.25) is 10.0 Å². The minimum absolute atomic E-state index is 0.0852. The van der Waals surface area contributed by atoms with Gasteiger partial charge in [0.1, 0.15) is 0 Å². The molecule has 7 nitrogen and oxygen atoms in total. The number of sulfonamides is 1. The molecule has 0 radical (unpaired) electrons. The number of rotatable bonds is 10. The Labute approximate surface area is 222 Å². The van der Waals surface area contributed by atoms with Crippen LogP contribution in [0.2, 0.25) is 0 Å². The zero-order chi connectivity index (χ0) is 27.1. The molecule has 1 aliphatic carbocycles. The van der Waals surface area contributed by atoms with Gasteiger partial charge < -0.3 is 15.4 Å². The number of carbonyl (C=O) groups is 1. The van der Waals surface area contributed by atoms with E-state index in [1.54, 1.807) is 12.1 Å². The molecular formula is C27H41N3O4S2. The molecule has 1 aromatic carbocycles. The predicted octanol–water partition coefficient (Wildman–Crippen LogP) is 4.92. The lowest BCUT2D eigenvalue weighted by atomic mass is 9.82. The molecule has 0 saturated carbocycles. The van der Waals surface area contributed by atoms with Crippen LogP contribution in [0, 0.1) is 17.3 Å². The minimum Gasteiger partial charge on any atom is -0.465 e. The van der Waals surface area contributed by atoms with E-state index in [-0.39, 0.29) is 11.9 Å². The van der Waals surface area contributed by atoms with Crippen LogP contribution in [0.15, 0.2) is 47.1 Å². The van der Waals surface area contributed by atoms with E-state index in [1.165, 1.54) is 16.7 Å². The summed E-state index contributed by atoms with van der Waals surface area (Å²) in [5, 5.41) is 6.98. The second kappa shape index (κ2) is 12.7. The molecule has 1 aromatic rings. The van der Waals surface area contributed by atoms with E-state index in [2.05, 4.69) is 42.2 Å². The molecule has 0 fully saturated rings. The maximum atomic E-state index is 12.4. The Balaban J connectivity index is 1.94. The molecule has 2 unspecified atom stereocenters. The smallest absolute Gasteiger partial charge is 0.311 e. The SMILES string of the molecule is CC1=C(C)C(C)CC(CC(CNC(=S)NCc2ccc(NS(C)(=O)=O)cc2)COC(=O)C(C)(C)C)=C1. The number of carbonyl (C=O) groups excluding carboxylic acids is 1. The molecule has 0 heterocycles. The van der Waals surface area contributed by atoms with Crippen LogP contribution in [-0.4, -0.2) is 38.9 Å². The molecule has 200 valence electrons. The van der Waals surface area contributed by atoms with E-state index >= 15 is 0 Å². The van der Waals surface area contributed by atoms with Crippen molar-refractivity contribution in [1.29, 1.82) is 0 Å². The largest absolute Gasteiger partial charge is 0.465 e. The van der Waals surface area contributed by atoms with Gasteiger partial charge in [0.05, 0.1) is 18.3 Å². The van der Waals surface area contributed by atoms with Crippen LogP contribution in [0.5, 0.6) is 0 Å². The summed E-state index contributed by atoms with van der Waals surface area (Å²) in [4.78, 5) is 12.4. The van der Waals surface area contributed by atoms with Crippen LogP contribution in [0.3, 0.4) is 0 Å². The molecule has 1 aliphatic rings. The highest BCUT2D eigenvalue weighted by atomic mass is 32.2. The highest BCUT2D eigenvalue weighted by Crippen LogP contribution is 2.32. The molecule has 0 aliphatic heterocycles. The molecule has 9 heteroatoms. The van der Waals surface area contributed by atoms with Crippen molar-refractivity contribution in [3.05, 3.63) is 52.6 Å². The third-order valence-corrected chi connectivity index (χ3v) is 7.12. The van der Waals surface area contributed by atoms with Gasteiger partial charge >= 0.3 is 5.97 Å². The summed E-state index contributed by atoms with van der Waals surface area (Å²) in [6.45, 7) is 13.6. The van der Waals surface area contributed by atoms with Crippen molar-refractivity contribution in [2.75, 3.05) is 24.1 Å². The topological polar surface area (TPSA) is 96.5 Å². The van der Waals surface area contributed by atoms with E-state index < -0.39 is 15.4 Å². The van der Waals surface area contributed by atoms with Crippen LogP contribution in [0.25, 0.3) is 0 Å². The molecule has 0 saturated heterocycles. The number of ether oxygens (including phenoxy) is 1. The Morgan fingerprint density at radius 1 is 1.17 bits per heavy atom. The van der Waals surface area contributed by atoms with Gasteiger partial charge in [-0.05, 0) is 83.3 Å². The lowest BCUT2D eigenvalue weighted by Gasteiger charge is -2.27. The third kappa shape index (κ3) is 10.3. The highest BCUT2D eigenvalue weighted by molar-refractivity contribution is 7.92. The maximum Gasteiger partial charge on any atom is 0.311 e. The van der Waals surface area contributed by atoms with Gasteiger partial charge in [-0.25, -0.2) is 8.42 Å². The fourth-order valence-corrected chi connectivity index (χ4v) is 4.63. The number of hydrogen-bond acceptors (Lipinski definition) is 5. The fraction of sp³-hybridized carbons (Fsp3) is 0.556. The first-order chi connectivity index (χ1) is 16.6. The molecule has 0 spiro atoms. The van der Waals surface area contributed by atoms with Crippen molar-refractivity contribution in [3.8, 4) is 0 Å². The molecule has 3 N–H and O–H groups in total. The number of benzene rings is 1. The van der Waals surface area contributed by atoms with Crippen molar-refractivity contribution < 1.29 is 17.9 Å². The highest BCUT2D eigenvalue weighted by Gasteiger charge is 2.25. The number of thiocarbonyl (C=S) groups is 1. The lowest BCUT2D eigenvalue weighted by Crippen LogP contribution is -2.39. The van der Waals surface area contributed by atoms with Gasteiger partial charge in [-0.1, -0.05) is 41.9 Å². The molecule has 0 bridgehead atoms. The van der Waals surface area contributed by atoms with E-state index in [0.717, 1.165) is 24.7 Å². The number of esters is 1. The second-order valence-electron chi connectivity index (χ2n) is 10.8. The lowest BCUT2D eigenvalue weighted by molar-refractivity contribution is -0.154. The van der Waals surface area contributed by atoms with Crippen molar-refractivity contribution in [2.45, 2.75) is 60.9 Å².